The zero-order valence-corrected chi connectivity index (χ0v) is 18.9. The second-order valence-corrected chi connectivity index (χ2v) is 8.79. The van der Waals surface area contributed by atoms with E-state index in [-0.39, 0.29) is 5.91 Å². The van der Waals surface area contributed by atoms with Crippen molar-refractivity contribution in [2.45, 2.75) is 45.1 Å². The number of hydrogen-bond acceptors (Lipinski definition) is 6. The first kappa shape index (κ1) is 21.8. The number of aromatic nitrogens is 4. The van der Waals surface area contributed by atoms with Crippen LogP contribution < -0.4 is 5.32 Å². The molecule has 8 heteroatoms. The van der Waals surface area contributed by atoms with E-state index in [2.05, 4.69) is 20.4 Å². The van der Waals surface area contributed by atoms with Gasteiger partial charge in [0.1, 0.15) is 0 Å². The first-order valence-corrected chi connectivity index (χ1v) is 11.8. The Labute approximate surface area is 197 Å². The van der Waals surface area contributed by atoms with Gasteiger partial charge in [0.2, 0.25) is 11.7 Å². The molecule has 1 N–H and O–H groups in total. The number of nitrogens with zero attached hydrogens (tertiary/aromatic N) is 5. The van der Waals surface area contributed by atoms with Gasteiger partial charge in [-0.2, -0.15) is 10.2 Å². The van der Waals surface area contributed by atoms with Crippen molar-refractivity contribution < 1.29 is 9.32 Å². The van der Waals surface area contributed by atoms with Crippen molar-refractivity contribution in [2.75, 3.05) is 6.54 Å². The molecule has 172 valence electrons. The summed E-state index contributed by atoms with van der Waals surface area (Å²) in [5.74, 6) is 1.88. The van der Waals surface area contributed by atoms with Gasteiger partial charge in [-0.3, -0.25) is 4.79 Å². The van der Waals surface area contributed by atoms with Crippen molar-refractivity contribution in [3.8, 4) is 17.5 Å². The fraction of sp³-hybridized carbons (Fsp3) is 0.346. The fourth-order valence-electron chi connectivity index (χ4n) is 4.60. The third kappa shape index (κ3) is 4.84. The maximum absolute atomic E-state index is 12.4. The Kier molecular flexibility index (Phi) is 6.34. The van der Waals surface area contributed by atoms with Crippen LogP contribution in [0.4, 0.5) is 0 Å². The van der Waals surface area contributed by atoms with E-state index in [1.807, 2.05) is 28.8 Å². The maximum Gasteiger partial charge on any atom is 0.251 e. The third-order valence-corrected chi connectivity index (χ3v) is 6.48. The molecule has 1 aliphatic carbocycles. The van der Waals surface area contributed by atoms with Crippen LogP contribution in [-0.2, 0) is 13.0 Å². The van der Waals surface area contributed by atoms with E-state index >= 15 is 0 Å². The molecule has 34 heavy (non-hydrogen) atoms. The number of carbonyl (C=O) groups excluding carboxylic acids is 1. The van der Waals surface area contributed by atoms with Gasteiger partial charge < -0.3 is 14.4 Å². The number of hydrogen-bond donors (Lipinski definition) is 1. The van der Waals surface area contributed by atoms with E-state index in [1.165, 1.54) is 25.7 Å². The first-order valence-electron chi connectivity index (χ1n) is 11.8. The molecule has 0 saturated heterocycles. The topological polar surface area (TPSA) is 110 Å². The molecule has 1 aliphatic rings. The minimum absolute atomic E-state index is 0.204. The van der Waals surface area contributed by atoms with Gasteiger partial charge in [-0.25, -0.2) is 4.98 Å². The van der Waals surface area contributed by atoms with Crippen molar-refractivity contribution in [2.24, 2.45) is 5.92 Å². The van der Waals surface area contributed by atoms with Crippen LogP contribution in [0.15, 0.2) is 53.3 Å². The normalized spacial score (nSPS) is 13.9. The van der Waals surface area contributed by atoms with Crippen LogP contribution in [0.3, 0.4) is 0 Å². The first-order chi connectivity index (χ1) is 16.7. The largest absolute Gasteiger partial charge is 0.350 e. The van der Waals surface area contributed by atoms with Gasteiger partial charge >= 0.3 is 0 Å². The Morgan fingerprint density at radius 3 is 2.94 bits per heavy atom. The van der Waals surface area contributed by atoms with E-state index in [1.54, 1.807) is 30.6 Å². The molecule has 2 heterocycles. The van der Waals surface area contributed by atoms with Crippen LogP contribution in [0, 0.1) is 17.2 Å². The number of carbonyl (C=O) groups is 1. The second-order valence-electron chi connectivity index (χ2n) is 8.79. The quantitative estimate of drug-likeness (QED) is 0.419. The molecule has 2 aromatic carbocycles. The van der Waals surface area contributed by atoms with Crippen LogP contribution in [-0.4, -0.2) is 32.1 Å². The van der Waals surface area contributed by atoms with E-state index < -0.39 is 0 Å². The summed E-state index contributed by atoms with van der Waals surface area (Å²) in [4.78, 5) is 21.5. The predicted octanol–water partition coefficient (Wildman–Crippen LogP) is 4.51. The van der Waals surface area contributed by atoms with Gasteiger partial charge in [0, 0.05) is 30.6 Å². The van der Waals surface area contributed by atoms with E-state index in [9.17, 15) is 4.79 Å². The summed E-state index contributed by atoms with van der Waals surface area (Å²) < 4.78 is 7.47. The van der Waals surface area contributed by atoms with E-state index in [0.29, 0.717) is 35.9 Å². The Hall–Kier alpha value is -3.99. The Morgan fingerprint density at radius 2 is 2.09 bits per heavy atom. The lowest BCUT2D eigenvalue weighted by Gasteiger charge is -2.07. The van der Waals surface area contributed by atoms with E-state index in [4.69, 9.17) is 9.78 Å². The van der Waals surface area contributed by atoms with Crippen molar-refractivity contribution in [1.82, 2.24) is 25.0 Å². The highest BCUT2D eigenvalue weighted by atomic mass is 16.5. The van der Waals surface area contributed by atoms with Crippen LogP contribution in [0.2, 0.25) is 0 Å². The number of rotatable bonds is 8. The minimum atomic E-state index is -0.204. The van der Waals surface area contributed by atoms with Crippen LogP contribution in [0.25, 0.3) is 22.4 Å². The maximum atomic E-state index is 12.4. The highest BCUT2D eigenvalue weighted by Gasteiger charge is 2.17. The molecule has 8 nitrogen and oxygen atoms in total. The molecular formula is C26H26N6O2. The zero-order chi connectivity index (χ0) is 23.3. The van der Waals surface area contributed by atoms with Crippen molar-refractivity contribution in [3.63, 3.8) is 0 Å². The molecule has 0 radical (unpaired) electrons. The smallest absolute Gasteiger partial charge is 0.251 e. The standard InChI is InChI=1S/C26H26N6O2/c27-16-19-6-3-7-21(14-19)26(33)28-12-13-32-17-29-22-15-20(9-10-23(22)32)25-30-24(34-31-25)11-8-18-4-1-2-5-18/h3,6-7,9-10,14-15,17-18H,1-2,4-5,8,11-13H2,(H,28,33). The van der Waals surface area contributed by atoms with Gasteiger partial charge in [-0.05, 0) is 48.7 Å². The number of amides is 1. The summed E-state index contributed by atoms with van der Waals surface area (Å²) >= 11 is 0. The third-order valence-electron chi connectivity index (χ3n) is 6.48. The van der Waals surface area contributed by atoms with Crippen molar-refractivity contribution in [3.05, 3.63) is 65.8 Å². The Morgan fingerprint density at radius 1 is 1.21 bits per heavy atom. The molecule has 1 amide bonds. The number of aryl methyl sites for hydroxylation is 1. The monoisotopic (exact) mass is 454 g/mol. The minimum Gasteiger partial charge on any atom is -0.350 e. The molecule has 0 aliphatic heterocycles. The Balaban J connectivity index is 1.20. The summed E-state index contributed by atoms with van der Waals surface area (Å²) in [7, 11) is 0. The number of fused-ring (bicyclic) bond motifs is 1. The Bertz CT molecular complexity index is 1340. The average Bonchev–Trinajstić information content (AvgIpc) is 3.64. The van der Waals surface area contributed by atoms with Crippen molar-refractivity contribution in [1.29, 1.82) is 5.26 Å². The highest BCUT2D eigenvalue weighted by Crippen LogP contribution is 2.29. The van der Waals surface area contributed by atoms with Gasteiger partial charge in [-0.15, -0.1) is 0 Å². The number of nitrogens with one attached hydrogen (secondary N) is 1. The van der Waals surface area contributed by atoms with Crippen LogP contribution in [0.1, 0.15) is 53.9 Å². The molecular weight excluding hydrogens is 428 g/mol. The molecule has 1 fully saturated rings. The lowest BCUT2D eigenvalue weighted by molar-refractivity contribution is 0.0952. The molecule has 0 unspecified atom stereocenters. The summed E-state index contributed by atoms with van der Waals surface area (Å²) in [6.45, 7) is 1.02. The molecule has 2 aromatic heterocycles. The second kappa shape index (κ2) is 9.87. The molecule has 5 rings (SSSR count). The summed E-state index contributed by atoms with van der Waals surface area (Å²) in [6.07, 6.45) is 9.04. The number of imidazole rings is 1. The van der Waals surface area contributed by atoms with Crippen molar-refractivity contribution >= 4 is 16.9 Å². The predicted molar refractivity (Wildman–Crippen MR) is 127 cm³/mol. The van der Waals surface area contributed by atoms with Gasteiger partial charge in [0.05, 0.1) is 29.0 Å². The lowest BCUT2D eigenvalue weighted by atomic mass is 10.0. The SMILES string of the molecule is N#Cc1cccc(C(=O)NCCn2cnc3cc(-c4noc(CCC5CCCC5)n4)ccc32)c1. The fourth-order valence-corrected chi connectivity index (χ4v) is 4.60. The van der Waals surface area contributed by atoms with Crippen LogP contribution in [0.5, 0.6) is 0 Å². The van der Waals surface area contributed by atoms with E-state index in [0.717, 1.165) is 35.4 Å². The van der Waals surface area contributed by atoms with Crippen LogP contribution >= 0.6 is 0 Å². The average molecular weight is 455 g/mol. The van der Waals surface area contributed by atoms with Gasteiger partial charge in [-0.1, -0.05) is 36.9 Å². The molecule has 1 saturated carbocycles. The molecule has 0 spiro atoms. The molecule has 4 aromatic rings. The highest BCUT2D eigenvalue weighted by molar-refractivity contribution is 5.94. The number of benzene rings is 2. The lowest BCUT2D eigenvalue weighted by Crippen LogP contribution is -2.27. The molecule has 0 atom stereocenters. The van der Waals surface area contributed by atoms with Gasteiger partial charge in [0.25, 0.3) is 5.91 Å². The summed E-state index contributed by atoms with van der Waals surface area (Å²) in [6, 6.07) is 14.6. The summed E-state index contributed by atoms with van der Waals surface area (Å²) in [5, 5.41) is 16.1. The molecule has 0 bridgehead atoms. The number of nitriles is 1. The zero-order valence-electron chi connectivity index (χ0n) is 18.9. The summed E-state index contributed by atoms with van der Waals surface area (Å²) in [5.41, 5.74) is 3.62. The van der Waals surface area contributed by atoms with Gasteiger partial charge in [0.15, 0.2) is 0 Å².